The van der Waals surface area contributed by atoms with E-state index in [9.17, 15) is 4.39 Å². The predicted molar refractivity (Wildman–Crippen MR) is 68.9 cm³/mol. The van der Waals surface area contributed by atoms with Crippen LogP contribution in [-0.4, -0.2) is 33.9 Å². The highest BCUT2D eigenvalue weighted by Crippen LogP contribution is 2.19. The van der Waals surface area contributed by atoms with Crippen molar-refractivity contribution in [3.63, 3.8) is 0 Å². The molecule has 0 aromatic heterocycles. The molecular weight excluding hydrogens is 219 g/mol. The topological polar surface area (TPSA) is 24.5 Å². The average Bonchev–Trinajstić information content (AvgIpc) is 2.34. The van der Waals surface area contributed by atoms with Gasteiger partial charge in [0.25, 0.3) is 0 Å². The molecule has 0 saturated carbocycles. The van der Waals surface area contributed by atoms with E-state index in [1.54, 1.807) is 13.2 Å². The standard InChI is InChI=1S/C13H21FN2O/c1-4-16(2)13-6-5-11(9-12(13)14)10-15-7-8-17-3/h5-6,9,15H,4,7-8,10H2,1-3H3. The van der Waals surface area contributed by atoms with Crippen molar-refractivity contribution >= 4 is 5.69 Å². The maximum Gasteiger partial charge on any atom is 0.146 e. The van der Waals surface area contributed by atoms with E-state index in [2.05, 4.69) is 5.32 Å². The number of ether oxygens (including phenoxy) is 1. The van der Waals surface area contributed by atoms with Crippen molar-refractivity contribution in [3.8, 4) is 0 Å². The number of anilines is 1. The molecule has 17 heavy (non-hydrogen) atoms. The van der Waals surface area contributed by atoms with Crippen molar-refractivity contribution in [2.45, 2.75) is 13.5 Å². The van der Waals surface area contributed by atoms with Crippen molar-refractivity contribution in [3.05, 3.63) is 29.6 Å². The fourth-order valence-electron chi connectivity index (χ4n) is 1.55. The normalized spacial score (nSPS) is 10.6. The fraction of sp³-hybridized carbons (Fsp3) is 0.538. The van der Waals surface area contributed by atoms with Crippen LogP contribution in [0.2, 0.25) is 0 Å². The Morgan fingerprint density at radius 2 is 2.18 bits per heavy atom. The number of hydrogen-bond donors (Lipinski definition) is 1. The summed E-state index contributed by atoms with van der Waals surface area (Å²) in [6.07, 6.45) is 0. The third-order valence-electron chi connectivity index (χ3n) is 2.71. The molecule has 96 valence electrons. The predicted octanol–water partition coefficient (Wildman–Crippen LogP) is 2.02. The molecule has 0 heterocycles. The van der Waals surface area contributed by atoms with E-state index in [1.165, 1.54) is 0 Å². The van der Waals surface area contributed by atoms with Crippen LogP contribution in [0, 0.1) is 5.82 Å². The van der Waals surface area contributed by atoms with E-state index >= 15 is 0 Å². The van der Waals surface area contributed by atoms with E-state index in [0.717, 1.165) is 18.7 Å². The van der Waals surface area contributed by atoms with Crippen LogP contribution < -0.4 is 10.2 Å². The van der Waals surface area contributed by atoms with Crippen LogP contribution in [0.1, 0.15) is 12.5 Å². The minimum Gasteiger partial charge on any atom is -0.383 e. The molecule has 0 atom stereocenters. The summed E-state index contributed by atoms with van der Waals surface area (Å²) in [5, 5.41) is 3.19. The van der Waals surface area contributed by atoms with Crippen molar-refractivity contribution in [2.24, 2.45) is 0 Å². The van der Waals surface area contributed by atoms with Gasteiger partial charge in [-0.25, -0.2) is 4.39 Å². The van der Waals surface area contributed by atoms with Crippen LogP contribution in [0.4, 0.5) is 10.1 Å². The first kappa shape index (κ1) is 13.9. The summed E-state index contributed by atoms with van der Waals surface area (Å²) >= 11 is 0. The van der Waals surface area contributed by atoms with E-state index in [4.69, 9.17) is 4.74 Å². The molecule has 4 heteroatoms. The summed E-state index contributed by atoms with van der Waals surface area (Å²) in [6, 6.07) is 5.36. The molecule has 1 N–H and O–H groups in total. The smallest absolute Gasteiger partial charge is 0.146 e. The summed E-state index contributed by atoms with van der Waals surface area (Å²) in [7, 11) is 3.55. The number of nitrogens with zero attached hydrogens (tertiary/aromatic N) is 1. The molecule has 1 aromatic rings. The first-order chi connectivity index (χ1) is 8.19. The number of nitrogens with one attached hydrogen (secondary N) is 1. The zero-order valence-corrected chi connectivity index (χ0v) is 10.8. The number of methoxy groups -OCH3 is 1. The van der Waals surface area contributed by atoms with Gasteiger partial charge in [0.2, 0.25) is 0 Å². The summed E-state index contributed by atoms with van der Waals surface area (Å²) in [5.41, 5.74) is 1.60. The van der Waals surface area contributed by atoms with Gasteiger partial charge in [-0.05, 0) is 24.6 Å². The Balaban J connectivity index is 2.56. The second-order valence-corrected chi connectivity index (χ2v) is 3.97. The zero-order chi connectivity index (χ0) is 12.7. The number of halogens is 1. The molecule has 0 radical (unpaired) electrons. The molecule has 1 rings (SSSR count). The monoisotopic (exact) mass is 240 g/mol. The van der Waals surface area contributed by atoms with E-state index in [1.807, 2.05) is 31.0 Å². The minimum absolute atomic E-state index is 0.166. The molecule has 0 fully saturated rings. The summed E-state index contributed by atoms with van der Waals surface area (Å²) in [6.45, 7) is 4.90. The van der Waals surface area contributed by atoms with Gasteiger partial charge in [-0.15, -0.1) is 0 Å². The highest BCUT2D eigenvalue weighted by molar-refractivity contribution is 5.48. The van der Waals surface area contributed by atoms with E-state index in [0.29, 0.717) is 18.8 Å². The van der Waals surface area contributed by atoms with Crippen LogP contribution >= 0.6 is 0 Å². The Bertz CT molecular complexity index is 344. The molecule has 0 unspecified atom stereocenters. The zero-order valence-electron chi connectivity index (χ0n) is 10.8. The van der Waals surface area contributed by atoms with Gasteiger partial charge in [-0.1, -0.05) is 6.07 Å². The van der Waals surface area contributed by atoms with Gasteiger partial charge in [0.15, 0.2) is 0 Å². The second kappa shape index (κ2) is 7.25. The summed E-state index contributed by atoms with van der Waals surface area (Å²) in [4.78, 5) is 1.89. The highest BCUT2D eigenvalue weighted by atomic mass is 19.1. The highest BCUT2D eigenvalue weighted by Gasteiger charge is 2.06. The molecule has 0 aliphatic rings. The average molecular weight is 240 g/mol. The lowest BCUT2D eigenvalue weighted by molar-refractivity contribution is 0.199. The Labute approximate surface area is 103 Å². The molecule has 0 bridgehead atoms. The lowest BCUT2D eigenvalue weighted by Gasteiger charge is -2.18. The van der Waals surface area contributed by atoms with Gasteiger partial charge >= 0.3 is 0 Å². The largest absolute Gasteiger partial charge is 0.383 e. The quantitative estimate of drug-likeness (QED) is 0.738. The van der Waals surface area contributed by atoms with Crippen LogP contribution in [-0.2, 0) is 11.3 Å². The Kier molecular flexibility index (Phi) is 5.94. The Hall–Kier alpha value is -1.13. The molecule has 0 saturated heterocycles. The number of benzene rings is 1. The molecule has 3 nitrogen and oxygen atoms in total. The maximum absolute atomic E-state index is 13.8. The lowest BCUT2D eigenvalue weighted by atomic mass is 10.2. The van der Waals surface area contributed by atoms with Crippen molar-refractivity contribution < 1.29 is 9.13 Å². The van der Waals surface area contributed by atoms with Crippen molar-refractivity contribution in [2.75, 3.05) is 38.8 Å². The van der Waals surface area contributed by atoms with E-state index < -0.39 is 0 Å². The molecule has 1 aromatic carbocycles. The lowest BCUT2D eigenvalue weighted by Crippen LogP contribution is -2.20. The van der Waals surface area contributed by atoms with Gasteiger partial charge < -0.3 is 15.0 Å². The number of rotatable bonds is 7. The first-order valence-electron chi connectivity index (χ1n) is 5.88. The summed E-state index contributed by atoms with van der Waals surface area (Å²) in [5.74, 6) is -0.166. The third kappa shape index (κ3) is 4.32. The molecule has 0 amide bonds. The maximum atomic E-state index is 13.8. The number of hydrogen-bond acceptors (Lipinski definition) is 3. The second-order valence-electron chi connectivity index (χ2n) is 3.97. The van der Waals surface area contributed by atoms with Gasteiger partial charge in [0, 0.05) is 33.8 Å². The third-order valence-corrected chi connectivity index (χ3v) is 2.71. The molecule has 0 spiro atoms. The Morgan fingerprint density at radius 1 is 1.41 bits per heavy atom. The first-order valence-corrected chi connectivity index (χ1v) is 5.88. The van der Waals surface area contributed by atoms with Gasteiger partial charge in [0.05, 0.1) is 12.3 Å². The van der Waals surface area contributed by atoms with Crippen molar-refractivity contribution in [1.29, 1.82) is 0 Å². The Morgan fingerprint density at radius 3 is 2.76 bits per heavy atom. The molecule has 0 aliphatic heterocycles. The van der Waals surface area contributed by atoms with Crippen LogP contribution in [0.25, 0.3) is 0 Å². The van der Waals surface area contributed by atoms with Crippen LogP contribution in [0.5, 0.6) is 0 Å². The summed E-state index contributed by atoms with van der Waals surface area (Å²) < 4.78 is 18.7. The SMILES string of the molecule is CCN(C)c1ccc(CNCCOC)cc1F. The van der Waals surface area contributed by atoms with Crippen molar-refractivity contribution in [1.82, 2.24) is 5.32 Å². The van der Waals surface area contributed by atoms with Crippen LogP contribution in [0.3, 0.4) is 0 Å². The van der Waals surface area contributed by atoms with Gasteiger partial charge in [-0.2, -0.15) is 0 Å². The van der Waals surface area contributed by atoms with Gasteiger partial charge in [-0.3, -0.25) is 0 Å². The molecule has 0 aliphatic carbocycles. The van der Waals surface area contributed by atoms with Gasteiger partial charge in [0.1, 0.15) is 5.82 Å². The van der Waals surface area contributed by atoms with Crippen LogP contribution in [0.15, 0.2) is 18.2 Å². The molecular formula is C13H21FN2O. The van der Waals surface area contributed by atoms with E-state index in [-0.39, 0.29) is 5.82 Å². The fourth-order valence-corrected chi connectivity index (χ4v) is 1.55. The minimum atomic E-state index is -0.166.